The number of benzene rings is 1. The molecule has 0 unspecified atom stereocenters. The number of methoxy groups -OCH3 is 1. The number of likely N-dealkylation sites (tertiary alicyclic amines) is 1. The maximum Gasteiger partial charge on any atom is 0.411 e. The van der Waals surface area contributed by atoms with E-state index in [1.54, 1.807) is 39.8 Å². The molecular weight excluding hydrogens is 517 g/mol. The number of ether oxygens (including phenoxy) is 3. The molecule has 0 aliphatic carbocycles. The standard InChI is InChI=1S/C21H26IN3O6/c1-6-30-19-23-15-8-7-12(22)9-14(15)17(26)25(19)13-10-16(18(27)29-5)24(11-13)20(28)31-21(2,3)4/h7-9,13,16H,6,10-11H2,1-5H3/t13-,16+/m1/s1. The van der Waals surface area contributed by atoms with Crippen LogP contribution in [0.15, 0.2) is 23.0 Å². The first-order chi connectivity index (χ1) is 14.6. The summed E-state index contributed by atoms with van der Waals surface area (Å²) in [5, 5.41) is 0.445. The smallest absolute Gasteiger partial charge is 0.411 e. The van der Waals surface area contributed by atoms with Crippen molar-refractivity contribution in [3.63, 3.8) is 0 Å². The van der Waals surface area contributed by atoms with Crippen LogP contribution in [0.5, 0.6) is 6.01 Å². The lowest BCUT2D eigenvalue weighted by molar-refractivity contribution is -0.145. The van der Waals surface area contributed by atoms with Crippen LogP contribution in [0.25, 0.3) is 10.9 Å². The monoisotopic (exact) mass is 543 g/mol. The molecule has 0 radical (unpaired) electrons. The van der Waals surface area contributed by atoms with Gasteiger partial charge in [0.2, 0.25) is 0 Å². The van der Waals surface area contributed by atoms with Crippen molar-refractivity contribution in [3.8, 4) is 6.01 Å². The summed E-state index contributed by atoms with van der Waals surface area (Å²) in [5.41, 5.74) is -0.493. The summed E-state index contributed by atoms with van der Waals surface area (Å²) >= 11 is 2.13. The fraction of sp³-hybridized carbons (Fsp3) is 0.524. The van der Waals surface area contributed by atoms with Gasteiger partial charge in [0.25, 0.3) is 11.6 Å². The minimum absolute atomic E-state index is 0.0891. The van der Waals surface area contributed by atoms with E-state index in [1.807, 2.05) is 6.07 Å². The number of hydrogen-bond acceptors (Lipinski definition) is 7. The van der Waals surface area contributed by atoms with Gasteiger partial charge in [0.05, 0.1) is 30.7 Å². The quantitative estimate of drug-likeness (QED) is 0.432. The molecule has 31 heavy (non-hydrogen) atoms. The summed E-state index contributed by atoms with van der Waals surface area (Å²) in [7, 11) is 1.26. The van der Waals surface area contributed by atoms with Crippen LogP contribution in [0.3, 0.4) is 0 Å². The molecule has 2 heterocycles. The van der Waals surface area contributed by atoms with Gasteiger partial charge in [-0.2, -0.15) is 4.98 Å². The van der Waals surface area contributed by atoms with Crippen molar-refractivity contribution in [3.05, 3.63) is 32.1 Å². The molecule has 1 aliphatic rings. The van der Waals surface area contributed by atoms with E-state index in [1.165, 1.54) is 16.6 Å². The van der Waals surface area contributed by atoms with Crippen LogP contribution < -0.4 is 10.3 Å². The molecule has 1 saturated heterocycles. The highest BCUT2D eigenvalue weighted by atomic mass is 127. The van der Waals surface area contributed by atoms with Crippen molar-refractivity contribution in [2.45, 2.75) is 51.8 Å². The average molecular weight is 543 g/mol. The van der Waals surface area contributed by atoms with Crippen molar-refractivity contribution in [2.24, 2.45) is 0 Å². The van der Waals surface area contributed by atoms with Crippen molar-refractivity contribution < 1.29 is 23.8 Å². The minimum atomic E-state index is -0.877. The number of amides is 1. The summed E-state index contributed by atoms with van der Waals surface area (Å²) in [6.07, 6.45) is -0.456. The second-order valence-electron chi connectivity index (χ2n) is 8.23. The van der Waals surface area contributed by atoms with E-state index in [9.17, 15) is 14.4 Å². The van der Waals surface area contributed by atoms with E-state index >= 15 is 0 Å². The van der Waals surface area contributed by atoms with Crippen LogP contribution in [0.2, 0.25) is 0 Å². The van der Waals surface area contributed by atoms with Gasteiger partial charge in [-0.3, -0.25) is 14.3 Å². The van der Waals surface area contributed by atoms with Crippen molar-refractivity contribution >= 4 is 45.6 Å². The molecule has 0 N–H and O–H groups in total. The zero-order chi connectivity index (χ0) is 22.9. The number of nitrogens with zero attached hydrogens (tertiary/aromatic N) is 3. The van der Waals surface area contributed by atoms with Gasteiger partial charge in [0, 0.05) is 16.5 Å². The largest absolute Gasteiger partial charge is 0.467 e. The zero-order valence-corrected chi connectivity index (χ0v) is 20.3. The fourth-order valence-electron chi connectivity index (χ4n) is 3.59. The molecule has 1 aromatic carbocycles. The SMILES string of the molecule is CCOc1nc2ccc(I)cc2c(=O)n1[C@@H]1C[C@@H](C(=O)OC)N(C(=O)OC(C)(C)C)C1. The number of carbonyl (C=O) groups excluding carboxylic acids is 2. The lowest BCUT2D eigenvalue weighted by Crippen LogP contribution is -2.44. The molecule has 10 heteroatoms. The Morgan fingerprint density at radius 3 is 2.61 bits per heavy atom. The predicted octanol–water partition coefficient (Wildman–Crippen LogP) is 3.12. The third-order valence-electron chi connectivity index (χ3n) is 4.85. The molecule has 1 fully saturated rings. The van der Waals surface area contributed by atoms with E-state index in [0.717, 1.165) is 3.57 Å². The summed E-state index contributed by atoms with van der Waals surface area (Å²) in [6, 6.07) is 4.14. The lowest BCUT2D eigenvalue weighted by atomic mass is 10.1. The first-order valence-corrected chi connectivity index (χ1v) is 11.1. The third kappa shape index (κ3) is 4.94. The first kappa shape index (κ1) is 23.3. The Morgan fingerprint density at radius 1 is 1.29 bits per heavy atom. The molecule has 1 aliphatic heterocycles. The Bertz CT molecular complexity index is 1060. The van der Waals surface area contributed by atoms with E-state index in [2.05, 4.69) is 27.6 Å². The molecule has 1 aromatic heterocycles. The normalized spacial score (nSPS) is 18.8. The van der Waals surface area contributed by atoms with E-state index in [4.69, 9.17) is 14.2 Å². The Morgan fingerprint density at radius 2 is 2.00 bits per heavy atom. The van der Waals surface area contributed by atoms with Crippen LogP contribution in [-0.2, 0) is 14.3 Å². The highest BCUT2D eigenvalue weighted by Crippen LogP contribution is 2.32. The molecule has 1 amide bonds. The summed E-state index contributed by atoms with van der Waals surface area (Å²) < 4.78 is 18.4. The van der Waals surface area contributed by atoms with Gasteiger partial charge in [-0.1, -0.05) is 0 Å². The Balaban J connectivity index is 2.08. The van der Waals surface area contributed by atoms with Crippen LogP contribution in [0.1, 0.15) is 40.2 Å². The number of carbonyl (C=O) groups is 2. The Kier molecular flexibility index (Phi) is 6.77. The second-order valence-corrected chi connectivity index (χ2v) is 9.47. The van der Waals surface area contributed by atoms with E-state index in [0.29, 0.717) is 17.5 Å². The van der Waals surface area contributed by atoms with Gasteiger partial charge in [-0.15, -0.1) is 0 Å². The van der Waals surface area contributed by atoms with Crippen molar-refractivity contribution in [1.29, 1.82) is 0 Å². The molecule has 2 atom stereocenters. The Labute approximate surface area is 193 Å². The molecule has 0 spiro atoms. The number of rotatable bonds is 4. The molecule has 0 saturated carbocycles. The minimum Gasteiger partial charge on any atom is -0.467 e. The first-order valence-electron chi connectivity index (χ1n) is 9.97. The Hall–Kier alpha value is -2.37. The maximum absolute atomic E-state index is 13.4. The van der Waals surface area contributed by atoms with Gasteiger partial charge in [-0.05, 0) is 68.5 Å². The molecule has 2 aromatic rings. The van der Waals surface area contributed by atoms with Gasteiger partial charge >= 0.3 is 12.1 Å². The maximum atomic E-state index is 13.4. The topological polar surface area (TPSA) is 100.0 Å². The fourth-order valence-corrected chi connectivity index (χ4v) is 4.08. The number of esters is 1. The lowest BCUT2D eigenvalue weighted by Gasteiger charge is -2.27. The molecule has 0 bridgehead atoms. The van der Waals surface area contributed by atoms with Crippen LogP contribution in [0, 0.1) is 3.57 Å². The molecular formula is C21H26IN3O6. The highest BCUT2D eigenvalue weighted by Gasteiger charge is 2.44. The van der Waals surface area contributed by atoms with E-state index < -0.39 is 29.7 Å². The van der Waals surface area contributed by atoms with Crippen molar-refractivity contribution in [2.75, 3.05) is 20.3 Å². The number of fused-ring (bicyclic) bond motifs is 1. The number of aromatic nitrogens is 2. The molecule has 168 valence electrons. The highest BCUT2D eigenvalue weighted by molar-refractivity contribution is 14.1. The van der Waals surface area contributed by atoms with Gasteiger partial charge < -0.3 is 14.2 Å². The van der Waals surface area contributed by atoms with Crippen molar-refractivity contribution in [1.82, 2.24) is 14.5 Å². The van der Waals surface area contributed by atoms with Gasteiger partial charge in [0.1, 0.15) is 11.6 Å². The predicted molar refractivity (Wildman–Crippen MR) is 122 cm³/mol. The molecule has 9 nitrogen and oxygen atoms in total. The molecule has 3 rings (SSSR count). The summed E-state index contributed by atoms with van der Waals surface area (Å²) in [5.74, 6) is -0.567. The van der Waals surface area contributed by atoms with Crippen LogP contribution >= 0.6 is 22.6 Å². The number of halogens is 1. The van der Waals surface area contributed by atoms with Crippen LogP contribution in [0.4, 0.5) is 4.79 Å². The van der Waals surface area contributed by atoms with Gasteiger partial charge in [-0.25, -0.2) is 9.59 Å². The second kappa shape index (κ2) is 9.01. The summed E-state index contributed by atoms with van der Waals surface area (Å²) in [4.78, 5) is 44.4. The summed E-state index contributed by atoms with van der Waals surface area (Å²) in [6.45, 7) is 7.44. The van der Waals surface area contributed by atoms with Crippen LogP contribution in [-0.4, -0.2) is 58.4 Å². The number of hydrogen-bond donors (Lipinski definition) is 0. The average Bonchev–Trinajstić information content (AvgIpc) is 3.12. The zero-order valence-electron chi connectivity index (χ0n) is 18.2. The van der Waals surface area contributed by atoms with E-state index in [-0.39, 0.29) is 24.5 Å². The van der Waals surface area contributed by atoms with Gasteiger partial charge in [0.15, 0.2) is 0 Å². The third-order valence-corrected chi connectivity index (χ3v) is 5.52.